The highest BCUT2D eigenvalue weighted by Crippen LogP contribution is 2.43. The predicted molar refractivity (Wildman–Crippen MR) is 108 cm³/mol. The van der Waals surface area contributed by atoms with Crippen molar-refractivity contribution >= 4 is 42.9 Å². The number of carbonyl (C=O) groups is 1. The molecule has 1 aliphatic rings. The Labute approximate surface area is 174 Å². The molecule has 148 valence electrons. The lowest BCUT2D eigenvalue weighted by molar-refractivity contribution is 0.0588. The van der Waals surface area contributed by atoms with Gasteiger partial charge in [0, 0.05) is 34.5 Å². The van der Waals surface area contributed by atoms with Gasteiger partial charge in [0.25, 0.3) is 0 Å². The van der Waals surface area contributed by atoms with E-state index in [0.29, 0.717) is 46.4 Å². The third-order valence-electron chi connectivity index (χ3n) is 4.64. The van der Waals surface area contributed by atoms with Gasteiger partial charge in [-0.25, -0.2) is 4.79 Å². The molecule has 2 aromatic heterocycles. The first kappa shape index (κ1) is 19.4. The third-order valence-corrected chi connectivity index (χ3v) is 5.62. The maximum atomic E-state index is 12.3. The van der Waals surface area contributed by atoms with Gasteiger partial charge < -0.3 is 13.5 Å². The van der Waals surface area contributed by atoms with Crippen molar-refractivity contribution in [1.29, 1.82) is 5.26 Å². The Hall–Kier alpha value is -2.90. The van der Waals surface area contributed by atoms with Crippen LogP contribution in [0.1, 0.15) is 21.7 Å². The fourth-order valence-corrected chi connectivity index (χ4v) is 4.38. The lowest BCUT2D eigenvalue weighted by Gasteiger charge is -2.22. The minimum atomic E-state index is -3.88. The van der Waals surface area contributed by atoms with E-state index in [9.17, 15) is 18.5 Å². The quantitative estimate of drug-likeness (QED) is 0.422. The topological polar surface area (TPSA) is 111 Å². The zero-order valence-electron chi connectivity index (χ0n) is 15.4. The maximum absolute atomic E-state index is 12.3. The molecule has 0 amide bonds. The number of nitriles is 1. The van der Waals surface area contributed by atoms with Gasteiger partial charge in [-0.2, -0.15) is 13.7 Å². The number of halogens is 1. The number of nitrogens with zero attached hydrogens (tertiary/aromatic N) is 3. The van der Waals surface area contributed by atoms with Crippen LogP contribution in [0.4, 0.5) is 0 Å². The molecule has 0 spiro atoms. The van der Waals surface area contributed by atoms with Gasteiger partial charge >= 0.3 is 16.1 Å². The summed E-state index contributed by atoms with van der Waals surface area (Å²) in [5, 5.41) is 10.6. The van der Waals surface area contributed by atoms with E-state index in [0.717, 1.165) is 10.7 Å². The average molecular weight is 476 g/mol. The Morgan fingerprint density at radius 1 is 1.34 bits per heavy atom. The number of aryl methyl sites for hydroxylation is 1. The summed E-state index contributed by atoms with van der Waals surface area (Å²) in [4.78, 5) is 16.9. The number of ether oxygens (including phenoxy) is 1. The first-order valence-electron chi connectivity index (χ1n) is 8.47. The second kappa shape index (κ2) is 6.86. The molecule has 0 saturated heterocycles. The minimum absolute atomic E-state index is 0.0403. The molecule has 0 bridgehead atoms. The standard InChI is InChI=1S/C19H14BrN3O5S/c1-27-19(24)15-8-16(28-29(2,25)26)18-17-12(9-21)11-7-10(20)3-4-13(11)22-14(17)5-6-23(15)18/h3-4,7-8H,5-6H2,1-2H3. The van der Waals surface area contributed by atoms with Crippen molar-refractivity contribution in [3.63, 3.8) is 0 Å². The van der Waals surface area contributed by atoms with Gasteiger partial charge in [0.2, 0.25) is 0 Å². The van der Waals surface area contributed by atoms with Crippen LogP contribution in [0, 0.1) is 11.3 Å². The van der Waals surface area contributed by atoms with Gasteiger partial charge in [0.1, 0.15) is 11.8 Å². The van der Waals surface area contributed by atoms with Gasteiger partial charge in [-0.1, -0.05) is 15.9 Å². The molecule has 0 atom stereocenters. The van der Waals surface area contributed by atoms with Crippen LogP contribution < -0.4 is 4.18 Å². The van der Waals surface area contributed by atoms with Crippen molar-refractivity contribution in [2.45, 2.75) is 13.0 Å². The van der Waals surface area contributed by atoms with Crippen LogP contribution in [0.15, 0.2) is 28.7 Å². The van der Waals surface area contributed by atoms with Gasteiger partial charge in [0.05, 0.1) is 35.8 Å². The smallest absolute Gasteiger partial charge is 0.354 e. The van der Waals surface area contributed by atoms with Crippen LogP contribution in [-0.4, -0.2) is 37.3 Å². The number of pyridine rings is 1. The zero-order chi connectivity index (χ0) is 20.9. The maximum Gasteiger partial charge on any atom is 0.354 e. The van der Waals surface area contributed by atoms with Crippen LogP contribution in [0.3, 0.4) is 0 Å². The van der Waals surface area contributed by atoms with Crippen LogP contribution in [0.25, 0.3) is 22.2 Å². The molecular weight excluding hydrogens is 462 g/mol. The summed E-state index contributed by atoms with van der Waals surface area (Å²) in [6.45, 7) is 0.361. The lowest BCUT2D eigenvalue weighted by Crippen LogP contribution is -2.19. The van der Waals surface area contributed by atoms with Crippen LogP contribution >= 0.6 is 15.9 Å². The average Bonchev–Trinajstić information content (AvgIpc) is 3.02. The van der Waals surface area contributed by atoms with E-state index in [4.69, 9.17) is 8.92 Å². The summed E-state index contributed by atoms with van der Waals surface area (Å²) in [5.74, 6) is -0.672. The second-order valence-electron chi connectivity index (χ2n) is 6.50. The Kier molecular flexibility index (Phi) is 4.59. The number of rotatable bonds is 3. The summed E-state index contributed by atoms with van der Waals surface area (Å²) < 4.78 is 36.0. The Morgan fingerprint density at radius 2 is 2.10 bits per heavy atom. The molecule has 3 heterocycles. The van der Waals surface area contributed by atoms with E-state index in [1.807, 2.05) is 12.1 Å². The highest BCUT2D eigenvalue weighted by Gasteiger charge is 2.32. The number of fused-ring (bicyclic) bond motifs is 4. The van der Waals surface area contributed by atoms with E-state index < -0.39 is 16.1 Å². The lowest BCUT2D eigenvalue weighted by atomic mass is 9.95. The van der Waals surface area contributed by atoms with Crippen molar-refractivity contribution in [3.05, 3.63) is 45.7 Å². The molecular formula is C19H14BrN3O5S. The summed E-state index contributed by atoms with van der Waals surface area (Å²) in [6, 6.07) is 8.96. The molecule has 0 saturated carbocycles. The number of methoxy groups -OCH3 is 1. The highest BCUT2D eigenvalue weighted by molar-refractivity contribution is 9.10. The predicted octanol–water partition coefficient (Wildman–Crippen LogP) is 3.02. The van der Waals surface area contributed by atoms with Gasteiger partial charge in [-0.05, 0) is 18.2 Å². The third kappa shape index (κ3) is 3.26. The van der Waals surface area contributed by atoms with E-state index in [-0.39, 0.29) is 11.4 Å². The van der Waals surface area contributed by atoms with Crippen molar-refractivity contribution in [2.75, 3.05) is 13.4 Å². The molecule has 0 N–H and O–H groups in total. The number of hydrogen-bond donors (Lipinski definition) is 0. The number of benzene rings is 1. The molecule has 4 rings (SSSR count). The molecule has 1 aromatic carbocycles. The number of hydrogen-bond acceptors (Lipinski definition) is 7. The van der Waals surface area contributed by atoms with E-state index in [1.165, 1.54) is 13.2 Å². The monoisotopic (exact) mass is 475 g/mol. The number of esters is 1. The largest absolute Gasteiger partial charge is 0.464 e. The van der Waals surface area contributed by atoms with E-state index >= 15 is 0 Å². The summed E-state index contributed by atoms with van der Waals surface area (Å²) in [6.07, 6.45) is 1.37. The summed E-state index contributed by atoms with van der Waals surface area (Å²) in [5.41, 5.74) is 2.55. The Balaban J connectivity index is 2.11. The van der Waals surface area contributed by atoms with Crippen molar-refractivity contribution in [2.24, 2.45) is 0 Å². The zero-order valence-corrected chi connectivity index (χ0v) is 17.8. The molecule has 0 aliphatic carbocycles. The van der Waals surface area contributed by atoms with Crippen molar-refractivity contribution < 1.29 is 22.1 Å². The van der Waals surface area contributed by atoms with Gasteiger partial charge in [-0.15, -0.1) is 0 Å². The fraction of sp³-hybridized carbons (Fsp3) is 0.211. The van der Waals surface area contributed by atoms with Crippen LogP contribution in [-0.2, 0) is 27.8 Å². The molecule has 8 nitrogen and oxygen atoms in total. The molecule has 1 aliphatic heterocycles. The number of aromatic nitrogens is 2. The van der Waals surface area contributed by atoms with E-state index in [2.05, 4.69) is 27.0 Å². The second-order valence-corrected chi connectivity index (χ2v) is 9.00. The van der Waals surface area contributed by atoms with Crippen LogP contribution in [0.2, 0.25) is 0 Å². The molecule has 29 heavy (non-hydrogen) atoms. The molecule has 3 aromatic rings. The molecule has 0 unspecified atom stereocenters. The van der Waals surface area contributed by atoms with Crippen molar-refractivity contribution in [1.82, 2.24) is 9.55 Å². The molecule has 0 radical (unpaired) electrons. The Bertz CT molecular complexity index is 1340. The van der Waals surface area contributed by atoms with E-state index in [1.54, 1.807) is 10.6 Å². The Morgan fingerprint density at radius 3 is 2.76 bits per heavy atom. The van der Waals surface area contributed by atoms with Crippen LogP contribution in [0.5, 0.6) is 5.75 Å². The molecule has 0 fully saturated rings. The molecule has 10 heteroatoms. The summed E-state index contributed by atoms with van der Waals surface area (Å²) >= 11 is 3.40. The minimum Gasteiger partial charge on any atom is -0.464 e. The van der Waals surface area contributed by atoms with Gasteiger partial charge in [-0.3, -0.25) is 4.98 Å². The number of carbonyl (C=O) groups excluding carboxylic acids is 1. The first-order chi connectivity index (χ1) is 13.7. The normalized spacial score (nSPS) is 12.8. The fourth-order valence-electron chi connectivity index (χ4n) is 3.57. The SMILES string of the molecule is COC(=O)c1cc(OS(C)(=O)=O)c2n1CCc1nc3ccc(Br)cc3c(C#N)c1-2. The highest BCUT2D eigenvalue weighted by atomic mass is 79.9. The van der Waals surface area contributed by atoms with Crippen molar-refractivity contribution in [3.8, 4) is 23.1 Å². The summed E-state index contributed by atoms with van der Waals surface area (Å²) in [7, 11) is -2.64. The van der Waals surface area contributed by atoms with Gasteiger partial charge in [0.15, 0.2) is 5.75 Å². The first-order valence-corrected chi connectivity index (χ1v) is 11.1.